The fraction of sp³-hybridized carbons (Fsp3) is 0.560. The number of alkyl halides is 3. The second-order valence-electron chi connectivity index (χ2n) is 9.84. The minimum atomic E-state index is -4.90. The number of rotatable bonds is 8. The summed E-state index contributed by atoms with van der Waals surface area (Å²) in [4.78, 5) is 25.4. The summed E-state index contributed by atoms with van der Waals surface area (Å²) >= 11 is 5.93. The third kappa shape index (κ3) is 6.17. The van der Waals surface area contributed by atoms with E-state index in [9.17, 15) is 23.1 Å². The maximum absolute atomic E-state index is 12.9. The molecule has 2 N–H and O–H groups in total. The lowest BCUT2D eigenvalue weighted by Gasteiger charge is -2.43. The van der Waals surface area contributed by atoms with Gasteiger partial charge in [-0.3, -0.25) is 10.2 Å². The number of hydrogen-bond donors (Lipinski definition) is 2. The van der Waals surface area contributed by atoms with Crippen molar-refractivity contribution in [3.05, 3.63) is 46.4 Å². The van der Waals surface area contributed by atoms with E-state index >= 15 is 0 Å². The Morgan fingerprint density at radius 2 is 1.92 bits per heavy atom. The van der Waals surface area contributed by atoms with Gasteiger partial charge >= 0.3 is 6.36 Å². The fourth-order valence-electron chi connectivity index (χ4n) is 5.21. The average molecular weight is 542 g/mol. The number of benzene rings is 1. The van der Waals surface area contributed by atoms with Crippen LogP contribution >= 0.6 is 11.6 Å². The van der Waals surface area contributed by atoms with Gasteiger partial charge in [-0.25, -0.2) is 9.97 Å². The Balaban J connectivity index is 1.55. The SMILES string of the molecule is CC(C)NC(C(C=O)c1ccc(Cl)c(OC(F)(F)F)c1)N1CCN(c2ncnc3c2[C@H](C)C[C@H]3O)CC1. The van der Waals surface area contributed by atoms with Crippen LogP contribution in [-0.4, -0.2) is 71.0 Å². The van der Waals surface area contributed by atoms with Crippen molar-refractivity contribution in [3.63, 3.8) is 0 Å². The fourth-order valence-corrected chi connectivity index (χ4v) is 5.37. The van der Waals surface area contributed by atoms with Gasteiger partial charge in [-0.2, -0.15) is 0 Å². The number of nitrogens with zero attached hydrogens (tertiary/aromatic N) is 4. The van der Waals surface area contributed by atoms with Crippen molar-refractivity contribution in [3.8, 4) is 5.75 Å². The van der Waals surface area contributed by atoms with E-state index in [2.05, 4.69) is 36.7 Å². The van der Waals surface area contributed by atoms with Crippen LogP contribution in [0.3, 0.4) is 0 Å². The number of halogens is 4. The molecular formula is C25H31ClF3N5O3. The predicted molar refractivity (Wildman–Crippen MR) is 133 cm³/mol. The number of ether oxygens (including phenoxy) is 1. The zero-order chi connectivity index (χ0) is 26.9. The first-order chi connectivity index (χ1) is 17.5. The van der Waals surface area contributed by atoms with E-state index in [4.69, 9.17) is 11.6 Å². The largest absolute Gasteiger partial charge is 0.573 e. The van der Waals surface area contributed by atoms with E-state index < -0.39 is 30.3 Å². The Labute approximate surface area is 218 Å². The summed E-state index contributed by atoms with van der Waals surface area (Å²) < 4.78 is 42.7. The molecule has 2 aliphatic rings. The maximum Gasteiger partial charge on any atom is 0.573 e. The molecule has 0 radical (unpaired) electrons. The summed E-state index contributed by atoms with van der Waals surface area (Å²) in [5.41, 5.74) is 2.03. The van der Waals surface area contributed by atoms with Crippen LogP contribution in [-0.2, 0) is 4.79 Å². The lowest BCUT2D eigenvalue weighted by molar-refractivity contribution is -0.274. The van der Waals surface area contributed by atoms with Gasteiger partial charge in [-0.1, -0.05) is 24.6 Å². The lowest BCUT2D eigenvalue weighted by Crippen LogP contribution is -2.58. The molecule has 2 heterocycles. The van der Waals surface area contributed by atoms with E-state index in [1.54, 1.807) is 6.07 Å². The summed E-state index contributed by atoms with van der Waals surface area (Å²) in [5.74, 6) is -0.339. The van der Waals surface area contributed by atoms with Crippen LogP contribution in [0.5, 0.6) is 5.75 Å². The highest BCUT2D eigenvalue weighted by Gasteiger charge is 2.37. The zero-order valence-electron chi connectivity index (χ0n) is 20.9. The molecule has 1 aromatic heterocycles. The van der Waals surface area contributed by atoms with Gasteiger partial charge in [0.05, 0.1) is 28.9 Å². The molecule has 4 atom stereocenters. The number of aliphatic hydroxyl groups is 1. The van der Waals surface area contributed by atoms with Crippen molar-refractivity contribution in [2.75, 3.05) is 31.1 Å². The smallest absolute Gasteiger partial charge is 0.404 e. The molecule has 202 valence electrons. The van der Waals surface area contributed by atoms with Crippen molar-refractivity contribution in [2.45, 2.75) is 63.7 Å². The lowest BCUT2D eigenvalue weighted by atomic mass is 9.95. The minimum absolute atomic E-state index is 0.0103. The quantitative estimate of drug-likeness (QED) is 0.485. The summed E-state index contributed by atoms with van der Waals surface area (Å²) in [7, 11) is 0. The Morgan fingerprint density at radius 3 is 2.54 bits per heavy atom. The van der Waals surface area contributed by atoms with Crippen LogP contribution < -0.4 is 15.0 Å². The van der Waals surface area contributed by atoms with Gasteiger partial charge in [0, 0.05) is 37.8 Å². The molecule has 1 aliphatic heterocycles. The molecule has 0 saturated carbocycles. The monoisotopic (exact) mass is 541 g/mol. The van der Waals surface area contributed by atoms with Gasteiger partial charge in [0.2, 0.25) is 0 Å². The predicted octanol–water partition coefficient (Wildman–Crippen LogP) is 4.00. The van der Waals surface area contributed by atoms with Crippen LogP contribution in [0.4, 0.5) is 19.0 Å². The van der Waals surface area contributed by atoms with Crippen molar-refractivity contribution in [2.24, 2.45) is 0 Å². The molecule has 8 nitrogen and oxygen atoms in total. The number of anilines is 1. The summed E-state index contributed by atoms with van der Waals surface area (Å²) in [6.45, 7) is 8.37. The molecule has 1 saturated heterocycles. The number of fused-ring (bicyclic) bond motifs is 1. The van der Waals surface area contributed by atoms with E-state index in [0.29, 0.717) is 43.9 Å². The number of aromatic nitrogens is 2. The number of aliphatic hydroxyl groups excluding tert-OH is 1. The second-order valence-corrected chi connectivity index (χ2v) is 10.2. The molecular weight excluding hydrogens is 511 g/mol. The first-order valence-corrected chi connectivity index (χ1v) is 12.6. The Hall–Kier alpha value is -2.47. The van der Waals surface area contributed by atoms with Crippen LogP contribution in [0.2, 0.25) is 5.02 Å². The number of piperazine rings is 1. The van der Waals surface area contributed by atoms with E-state index in [1.807, 2.05) is 13.8 Å². The Bertz CT molecular complexity index is 1110. The van der Waals surface area contributed by atoms with Gasteiger partial charge in [0.15, 0.2) is 0 Å². The van der Waals surface area contributed by atoms with E-state index in [-0.39, 0.29) is 17.0 Å². The molecule has 4 rings (SSSR count). The number of nitrogens with one attached hydrogen (secondary N) is 1. The van der Waals surface area contributed by atoms with Gasteiger partial charge < -0.3 is 19.5 Å². The highest BCUT2D eigenvalue weighted by atomic mass is 35.5. The molecule has 2 aromatic rings. The minimum Gasteiger partial charge on any atom is -0.404 e. The number of carbonyl (C=O) groups excluding carboxylic acids is 1. The molecule has 0 bridgehead atoms. The normalized spacial score (nSPS) is 22.1. The molecule has 1 aliphatic carbocycles. The molecule has 1 aromatic carbocycles. The molecule has 1 fully saturated rings. The van der Waals surface area contributed by atoms with Crippen molar-refractivity contribution in [1.82, 2.24) is 20.2 Å². The highest BCUT2D eigenvalue weighted by Crippen LogP contribution is 2.43. The number of hydrogen-bond acceptors (Lipinski definition) is 8. The summed E-state index contributed by atoms with van der Waals surface area (Å²) in [6.07, 6.45) is -3.12. The zero-order valence-corrected chi connectivity index (χ0v) is 21.6. The van der Waals surface area contributed by atoms with Crippen molar-refractivity contribution in [1.29, 1.82) is 0 Å². The summed E-state index contributed by atoms with van der Waals surface area (Å²) in [6, 6.07) is 4.05. The Kier molecular flexibility index (Phi) is 8.27. The Morgan fingerprint density at radius 1 is 1.22 bits per heavy atom. The topological polar surface area (TPSA) is 90.8 Å². The van der Waals surface area contributed by atoms with E-state index in [0.717, 1.165) is 17.7 Å². The van der Waals surface area contributed by atoms with Gasteiger partial charge in [-0.05, 0) is 43.9 Å². The van der Waals surface area contributed by atoms with Crippen LogP contribution in [0, 0.1) is 0 Å². The van der Waals surface area contributed by atoms with Crippen molar-refractivity contribution >= 4 is 23.7 Å². The highest BCUT2D eigenvalue weighted by molar-refractivity contribution is 6.32. The summed E-state index contributed by atoms with van der Waals surface area (Å²) in [5, 5.41) is 13.6. The number of aldehydes is 1. The molecule has 2 unspecified atom stereocenters. The standard InChI is InChI=1S/C25H31ClF3N5O3/c1-14(2)32-23(17(12-35)16-4-5-18(26)20(11-16)37-25(27,28)29)33-6-8-34(9-7-33)24-21-15(3)10-19(36)22(21)30-13-31-24/h4-5,11-15,17,19,23,32,36H,6-10H2,1-3H3/t15-,17?,19-,23?/m1/s1. The van der Waals surface area contributed by atoms with Crippen LogP contribution in [0.1, 0.15) is 62.0 Å². The molecule has 0 spiro atoms. The van der Waals surface area contributed by atoms with Crippen LogP contribution in [0.25, 0.3) is 0 Å². The first-order valence-electron chi connectivity index (χ1n) is 12.3. The van der Waals surface area contributed by atoms with Gasteiger partial charge in [0.1, 0.15) is 24.2 Å². The average Bonchev–Trinajstić information content (AvgIpc) is 3.13. The third-order valence-corrected chi connectivity index (χ3v) is 7.16. The third-order valence-electron chi connectivity index (χ3n) is 6.84. The second kappa shape index (κ2) is 11.1. The first kappa shape index (κ1) is 27.6. The molecule has 37 heavy (non-hydrogen) atoms. The number of carbonyl (C=O) groups is 1. The molecule has 12 heteroatoms. The van der Waals surface area contributed by atoms with Gasteiger partial charge in [0.25, 0.3) is 0 Å². The van der Waals surface area contributed by atoms with E-state index in [1.165, 1.54) is 18.5 Å². The van der Waals surface area contributed by atoms with Gasteiger partial charge in [-0.15, -0.1) is 13.2 Å². The van der Waals surface area contributed by atoms with Crippen molar-refractivity contribution < 1.29 is 27.8 Å². The molecule has 0 amide bonds. The van der Waals surface area contributed by atoms with Crippen LogP contribution in [0.15, 0.2) is 24.5 Å². The maximum atomic E-state index is 12.9.